The molecule has 5 aliphatic heterocycles. The fourth-order valence-electron chi connectivity index (χ4n) is 9.24. The van der Waals surface area contributed by atoms with E-state index in [4.69, 9.17) is 26.1 Å². The molecule has 1 N–H and O–H groups in total. The number of anilines is 1. The number of hydrogen-bond donors (Lipinski definition) is 1. The van der Waals surface area contributed by atoms with E-state index in [0.29, 0.717) is 52.6 Å². The number of alkyl halides is 1. The summed E-state index contributed by atoms with van der Waals surface area (Å²) in [4.78, 5) is 19.2. The number of aromatic nitrogens is 3. The highest BCUT2D eigenvalue weighted by atomic mass is 19.1. The molecular weight excluding hydrogens is 589 g/mol. The van der Waals surface area contributed by atoms with E-state index in [1.807, 2.05) is 6.07 Å². The number of ether oxygens (including phenoxy) is 1. The molecule has 46 heavy (non-hydrogen) atoms. The van der Waals surface area contributed by atoms with Crippen molar-refractivity contribution in [3.05, 3.63) is 53.2 Å². The van der Waals surface area contributed by atoms with Crippen molar-refractivity contribution in [1.29, 1.82) is 0 Å². The quantitative estimate of drug-likeness (QED) is 0.292. The van der Waals surface area contributed by atoms with Crippen molar-refractivity contribution < 1.29 is 17.9 Å². The third-order valence-corrected chi connectivity index (χ3v) is 11.3. The molecule has 0 saturated carbocycles. The van der Waals surface area contributed by atoms with E-state index >= 15 is 4.39 Å². The first-order chi connectivity index (χ1) is 22.3. The summed E-state index contributed by atoms with van der Waals surface area (Å²) in [6, 6.07) is 8.85. The van der Waals surface area contributed by atoms with Gasteiger partial charge in [-0.25, -0.2) is 18.2 Å². The van der Waals surface area contributed by atoms with Gasteiger partial charge in [-0.3, -0.25) is 4.90 Å². The van der Waals surface area contributed by atoms with Crippen molar-refractivity contribution in [3.63, 3.8) is 0 Å². The smallest absolute Gasteiger partial charge is 0.319 e. The fraction of sp³-hybridized carbons (Fsp3) is 0.472. The second-order valence-electron chi connectivity index (χ2n) is 14.2. The van der Waals surface area contributed by atoms with Crippen LogP contribution in [-0.4, -0.2) is 75.4 Å². The Morgan fingerprint density at radius 1 is 1.11 bits per heavy atom. The van der Waals surface area contributed by atoms with Gasteiger partial charge in [-0.2, -0.15) is 9.97 Å². The maximum absolute atomic E-state index is 17.1. The highest BCUT2D eigenvalue weighted by Gasteiger charge is 2.50. The summed E-state index contributed by atoms with van der Waals surface area (Å²) < 4.78 is 53.0. The van der Waals surface area contributed by atoms with Crippen LogP contribution in [0.15, 0.2) is 30.3 Å². The lowest BCUT2D eigenvalue weighted by molar-refractivity contribution is 0.107. The second kappa shape index (κ2) is 10.0. The van der Waals surface area contributed by atoms with E-state index in [0.717, 1.165) is 45.2 Å². The van der Waals surface area contributed by atoms with Crippen molar-refractivity contribution in [2.75, 3.05) is 31.1 Å². The Kier molecular flexibility index (Phi) is 6.17. The fourth-order valence-corrected chi connectivity index (χ4v) is 9.24. The molecule has 7 heterocycles. The van der Waals surface area contributed by atoms with Crippen LogP contribution in [0, 0.1) is 24.0 Å². The minimum atomic E-state index is -0.893. The number of piperazine rings is 1. The summed E-state index contributed by atoms with van der Waals surface area (Å²) in [5.41, 5.74) is 0.911. The first-order valence-electron chi connectivity index (χ1n) is 16.4. The zero-order valence-electron chi connectivity index (χ0n) is 25.8. The van der Waals surface area contributed by atoms with Gasteiger partial charge in [0.05, 0.1) is 22.2 Å². The topological polar surface area (TPSA) is 66.4 Å². The summed E-state index contributed by atoms with van der Waals surface area (Å²) in [6.07, 6.45) is 10.6. The third kappa shape index (κ3) is 4.10. The number of nitrogens with one attached hydrogen (secondary N) is 1. The van der Waals surface area contributed by atoms with Crippen molar-refractivity contribution >= 4 is 27.5 Å². The van der Waals surface area contributed by atoms with E-state index in [1.165, 1.54) is 6.07 Å². The van der Waals surface area contributed by atoms with Gasteiger partial charge >= 0.3 is 6.01 Å². The van der Waals surface area contributed by atoms with Gasteiger partial charge in [-0.15, -0.1) is 6.42 Å². The minimum absolute atomic E-state index is 0.0724. The Morgan fingerprint density at radius 3 is 2.87 bits per heavy atom. The number of fused-ring (bicyclic) bond motifs is 7. The SMILES string of the molecule is C#Cc1c(F)ccc2cccc(-c3nc4c5c(nc(OC[C@@]67CCCN6C[C@H](F)C7)nc5c3F)N3C[C@@]5(C)CC[C@H](N5)[C@H]3CC4)c12. The summed E-state index contributed by atoms with van der Waals surface area (Å²) in [7, 11) is 0. The van der Waals surface area contributed by atoms with Gasteiger partial charge in [0, 0.05) is 48.1 Å². The molecule has 2 aromatic heterocycles. The number of rotatable bonds is 4. The first kappa shape index (κ1) is 28.3. The van der Waals surface area contributed by atoms with Crippen LogP contribution in [-0.2, 0) is 6.42 Å². The van der Waals surface area contributed by atoms with Crippen LogP contribution in [0.5, 0.6) is 6.01 Å². The number of benzene rings is 2. The molecule has 4 aromatic rings. The van der Waals surface area contributed by atoms with Crippen LogP contribution >= 0.6 is 0 Å². The van der Waals surface area contributed by atoms with Crippen molar-refractivity contribution in [2.45, 2.75) is 81.2 Å². The van der Waals surface area contributed by atoms with Crippen molar-refractivity contribution in [1.82, 2.24) is 25.2 Å². The maximum atomic E-state index is 17.1. The zero-order chi connectivity index (χ0) is 31.4. The Hall–Kier alpha value is -3.94. The molecule has 0 amide bonds. The van der Waals surface area contributed by atoms with Gasteiger partial charge < -0.3 is 15.0 Å². The predicted molar refractivity (Wildman–Crippen MR) is 171 cm³/mol. The Morgan fingerprint density at radius 2 is 2.00 bits per heavy atom. The predicted octanol–water partition coefficient (Wildman–Crippen LogP) is 5.71. The van der Waals surface area contributed by atoms with Crippen molar-refractivity contribution in [2.24, 2.45) is 0 Å². The molecule has 2 aromatic carbocycles. The molecule has 236 valence electrons. The largest absolute Gasteiger partial charge is 0.461 e. The number of pyridine rings is 1. The third-order valence-electron chi connectivity index (χ3n) is 11.3. The lowest BCUT2D eigenvalue weighted by Crippen LogP contribution is -2.63. The Balaban J connectivity index is 1.24. The van der Waals surface area contributed by atoms with Crippen molar-refractivity contribution in [3.8, 4) is 29.6 Å². The minimum Gasteiger partial charge on any atom is -0.461 e. The van der Waals surface area contributed by atoms with Gasteiger partial charge in [0.15, 0.2) is 5.82 Å². The van der Waals surface area contributed by atoms with Crippen LogP contribution in [0.3, 0.4) is 0 Å². The summed E-state index contributed by atoms with van der Waals surface area (Å²) >= 11 is 0. The molecule has 0 spiro atoms. The van der Waals surface area contributed by atoms with Crippen LogP contribution in [0.2, 0.25) is 0 Å². The Bertz CT molecular complexity index is 1980. The van der Waals surface area contributed by atoms with Gasteiger partial charge in [0.2, 0.25) is 0 Å². The normalized spacial score (nSPS) is 30.0. The number of aryl methyl sites for hydroxylation is 1. The average molecular weight is 625 g/mol. The molecule has 0 aliphatic carbocycles. The van der Waals surface area contributed by atoms with E-state index in [-0.39, 0.29) is 47.0 Å². The van der Waals surface area contributed by atoms with E-state index in [1.54, 1.807) is 18.2 Å². The number of halogens is 3. The van der Waals surface area contributed by atoms with Gasteiger partial charge in [-0.1, -0.05) is 30.2 Å². The average Bonchev–Trinajstić information content (AvgIpc) is 3.65. The monoisotopic (exact) mass is 624 g/mol. The van der Waals surface area contributed by atoms with Gasteiger partial charge in [0.25, 0.3) is 0 Å². The summed E-state index contributed by atoms with van der Waals surface area (Å²) in [5, 5.41) is 5.57. The molecule has 0 unspecified atom stereocenters. The standard InChI is InChI=1S/C36H35F3N6O/c1-3-22-24(38)9-8-20-6-4-7-23(28(20)22)31-30(39)32-29-26(40-31)10-11-27-25-12-14-35(2,43-25)18-45(27)33(29)42-34(41-32)46-19-36-13-5-15-44(36)17-21(37)16-36/h1,4,6-9,21,25,27,43H,5,10-19H2,2H3/t21-,25+,27-,35-,36+/m1/s1. The summed E-state index contributed by atoms with van der Waals surface area (Å²) in [6.45, 7) is 4.45. The highest BCUT2D eigenvalue weighted by Crippen LogP contribution is 2.45. The molecule has 10 heteroatoms. The number of nitrogens with zero attached hydrogens (tertiary/aromatic N) is 5. The van der Waals surface area contributed by atoms with E-state index in [2.05, 4.69) is 28.0 Å². The first-order valence-corrected chi connectivity index (χ1v) is 16.4. The maximum Gasteiger partial charge on any atom is 0.319 e. The molecule has 5 aliphatic rings. The molecule has 4 saturated heterocycles. The van der Waals surface area contributed by atoms with Crippen LogP contribution in [0.25, 0.3) is 32.9 Å². The molecule has 5 atom stereocenters. The molecule has 4 fully saturated rings. The molecule has 7 nitrogen and oxygen atoms in total. The zero-order valence-corrected chi connectivity index (χ0v) is 25.8. The highest BCUT2D eigenvalue weighted by molar-refractivity contribution is 6.02. The van der Waals surface area contributed by atoms with Crippen LogP contribution in [0.1, 0.15) is 56.7 Å². The van der Waals surface area contributed by atoms with Gasteiger partial charge in [0.1, 0.15) is 35.6 Å². The lowest BCUT2D eigenvalue weighted by atomic mass is 9.95. The number of terminal acetylenes is 1. The molecule has 2 bridgehead atoms. The van der Waals surface area contributed by atoms with Crippen LogP contribution in [0.4, 0.5) is 19.0 Å². The Labute approximate surface area is 265 Å². The second-order valence-corrected chi connectivity index (χ2v) is 14.2. The molecule has 9 rings (SSSR count). The van der Waals surface area contributed by atoms with Crippen LogP contribution < -0.4 is 15.0 Å². The van der Waals surface area contributed by atoms with E-state index < -0.39 is 23.3 Å². The molecular formula is C36H35F3N6O. The number of hydrogen-bond acceptors (Lipinski definition) is 7. The van der Waals surface area contributed by atoms with E-state index in [9.17, 15) is 8.78 Å². The molecule has 0 radical (unpaired) electrons. The summed E-state index contributed by atoms with van der Waals surface area (Å²) in [5.74, 6) is 1.94. The van der Waals surface area contributed by atoms with Gasteiger partial charge in [-0.05, 0) is 63.4 Å². The lowest BCUT2D eigenvalue weighted by Gasteiger charge is -2.45.